The molecule has 0 spiro atoms. The van der Waals surface area contributed by atoms with Gasteiger partial charge < -0.3 is 5.32 Å². The first-order valence-electron chi connectivity index (χ1n) is 5.02. The van der Waals surface area contributed by atoms with Crippen LogP contribution in [0.3, 0.4) is 0 Å². The molecule has 3 heteroatoms. The molecule has 1 unspecified atom stereocenters. The second-order valence-electron chi connectivity index (χ2n) is 3.99. The lowest BCUT2D eigenvalue weighted by molar-refractivity contribution is 0.445. The van der Waals surface area contributed by atoms with Crippen molar-refractivity contribution >= 4 is 22.9 Å². The molecular weight excluding hydrogens is 214 g/mol. The zero-order valence-corrected chi connectivity index (χ0v) is 10.4. The molecule has 0 aliphatic rings. The first-order valence-corrected chi connectivity index (χ1v) is 6.50. The van der Waals surface area contributed by atoms with E-state index in [1.807, 2.05) is 0 Å². The molecule has 1 aromatic rings. The lowest BCUT2D eigenvalue weighted by Crippen LogP contribution is -2.31. The summed E-state index contributed by atoms with van der Waals surface area (Å²) in [5.74, 6) is 1.40. The summed E-state index contributed by atoms with van der Waals surface area (Å²) in [5.41, 5.74) is 1.36. The van der Waals surface area contributed by atoms with Crippen LogP contribution in [0.2, 0.25) is 0 Å². The van der Waals surface area contributed by atoms with Gasteiger partial charge in [-0.2, -0.15) is 11.3 Å². The third-order valence-corrected chi connectivity index (χ3v) is 3.22. The van der Waals surface area contributed by atoms with Crippen molar-refractivity contribution in [2.75, 3.05) is 5.88 Å². The predicted octanol–water partition coefficient (Wildman–Crippen LogP) is 3.49. The molecule has 0 aliphatic carbocycles. The van der Waals surface area contributed by atoms with Crippen LogP contribution in [-0.2, 0) is 6.54 Å². The number of thiophene rings is 1. The van der Waals surface area contributed by atoms with E-state index in [4.69, 9.17) is 11.6 Å². The highest BCUT2D eigenvalue weighted by molar-refractivity contribution is 7.07. The normalized spacial score (nSPS) is 13.4. The summed E-state index contributed by atoms with van der Waals surface area (Å²) >= 11 is 7.63. The molecule has 0 bridgehead atoms. The van der Waals surface area contributed by atoms with Crippen molar-refractivity contribution in [3.63, 3.8) is 0 Å². The monoisotopic (exact) mass is 231 g/mol. The van der Waals surface area contributed by atoms with Crippen LogP contribution in [0.4, 0.5) is 0 Å². The highest BCUT2D eigenvalue weighted by atomic mass is 35.5. The van der Waals surface area contributed by atoms with E-state index < -0.39 is 0 Å². The molecule has 0 radical (unpaired) electrons. The lowest BCUT2D eigenvalue weighted by atomic mass is 10.1. The van der Waals surface area contributed by atoms with Gasteiger partial charge in [0.05, 0.1) is 0 Å². The van der Waals surface area contributed by atoms with E-state index in [0.29, 0.717) is 17.8 Å². The smallest absolute Gasteiger partial charge is 0.0377 e. The summed E-state index contributed by atoms with van der Waals surface area (Å²) in [4.78, 5) is 0. The molecule has 0 fully saturated rings. The Bertz CT molecular complexity index is 233. The highest BCUT2D eigenvalue weighted by Crippen LogP contribution is 2.09. The van der Waals surface area contributed by atoms with E-state index in [1.54, 1.807) is 11.3 Å². The van der Waals surface area contributed by atoms with Gasteiger partial charge in [0, 0.05) is 18.5 Å². The molecule has 1 rings (SSSR count). The first kappa shape index (κ1) is 12.0. The van der Waals surface area contributed by atoms with E-state index in [0.717, 1.165) is 13.0 Å². The Labute approximate surface area is 95.5 Å². The summed E-state index contributed by atoms with van der Waals surface area (Å²) in [6.07, 6.45) is 1.15. The summed E-state index contributed by atoms with van der Waals surface area (Å²) in [7, 11) is 0. The van der Waals surface area contributed by atoms with Crippen LogP contribution in [0.5, 0.6) is 0 Å². The average Bonchev–Trinajstić information content (AvgIpc) is 2.64. The number of hydrogen-bond donors (Lipinski definition) is 1. The molecule has 14 heavy (non-hydrogen) atoms. The SMILES string of the molecule is CC(C)CC(CCl)NCc1ccsc1. The van der Waals surface area contributed by atoms with Crippen LogP contribution in [0.25, 0.3) is 0 Å². The van der Waals surface area contributed by atoms with Gasteiger partial charge in [-0.1, -0.05) is 13.8 Å². The standard InChI is InChI=1S/C11H18ClNS/c1-9(2)5-11(6-12)13-7-10-3-4-14-8-10/h3-4,8-9,11,13H,5-7H2,1-2H3. The number of nitrogens with one attached hydrogen (secondary N) is 1. The summed E-state index contributed by atoms with van der Waals surface area (Å²) in [5, 5.41) is 7.76. The predicted molar refractivity (Wildman–Crippen MR) is 65.1 cm³/mol. The fourth-order valence-corrected chi connectivity index (χ4v) is 2.33. The Morgan fingerprint density at radius 2 is 2.29 bits per heavy atom. The molecule has 1 nitrogen and oxygen atoms in total. The number of halogens is 1. The Hall–Kier alpha value is -0.0500. The number of rotatable bonds is 6. The van der Waals surface area contributed by atoms with Crippen molar-refractivity contribution in [1.29, 1.82) is 0 Å². The largest absolute Gasteiger partial charge is 0.309 e. The zero-order chi connectivity index (χ0) is 10.4. The Balaban J connectivity index is 2.27. The number of alkyl halides is 1. The molecule has 1 atom stereocenters. The van der Waals surface area contributed by atoms with Gasteiger partial charge in [-0.3, -0.25) is 0 Å². The van der Waals surface area contributed by atoms with Crippen LogP contribution in [0, 0.1) is 5.92 Å². The minimum atomic E-state index is 0.441. The van der Waals surface area contributed by atoms with Crippen LogP contribution >= 0.6 is 22.9 Å². The zero-order valence-electron chi connectivity index (χ0n) is 8.79. The third-order valence-electron chi connectivity index (χ3n) is 2.12. The van der Waals surface area contributed by atoms with E-state index >= 15 is 0 Å². The third kappa shape index (κ3) is 4.45. The van der Waals surface area contributed by atoms with Crippen molar-refractivity contribution in [1.82, 2.24) is 5.32 Å². The second kappa shape index (κ2) is 6.44. The first-order chi connectivity index (χ1) is 6.72. The Kier molecular flexibility index (Phi) is 5.53. The van der Waals surface area contributed by atoms with Gasteiger partial charge in [-0.15, -0.1) is 11.6 Å². The maximum Gasteiger partial charge on any atom is 0.0377 e. The molecule has 1 heterocycles. The fourth-order valence-electron chi connectivity index (χ4n) is 1.43. The van der Waals surface area contributed by atoms with E-state index in [9.17, 15) is 0 Å². The molecule has 0 aromatic carbocycles. The number of hydrogen-bond acceptors (Lipinski definition) is 2. The molecule has 1 aromatic heterocycles. The van der Waals surface area contributed by atoms with Crippen LogP contribution < -0.4 is 5.32 Å². The minimum absolute atomic E-state index is 0.441. The summed E-state index contributed by atoms with van der Waals surface area (Å²) in [6, 6.07) is 2.59. The second-order valence-corrected chi connectivity index (χ2v) is 5.08. The van der Waals surface area contributed by atoms with Gasteiger partial charge in [0.25, 0.3) is 0 Å². The van der Waals surface area contributed by atoms with Gasteiger partial charge in [-0.25, -0.2) is 0 Å². The maximum absolute atomic E-state index is 5.89. The van der Waals surface area contributed by atoms with Gasteiger partial charge >= 0.3 is 0 Å². The van der Waals surface area contributed by atoms with Gasteiger partial charge in [0.15, 0.2) is 0 Å². The van der Waals surface area contributed by atoms with Gasteiger partial charge in [0.1, 0.15) is 0 Å². The topological polar surface area (TPSA) is 12.0 Å². The van der Waals surface area contributed by atoms with Gasteiger partial charge in [-0.05, 0) is 34.7 Å². The molecule has 0 saturated heterocycles. The Morgan fingerprint density at radius 3 is 2.79 bits per heavy atom. The van der Waals surface area contributed by atoms with E-state index in [-0.39, 0.29) is 0 Å². The summed E-state index contributed by atoms with van der Waals surface area (Å²) in [6.45, 7) is 5.39. The van der Waals surface area contributed by atoms with E-state index in [1.165, 1.54) is 5.56 Å². The minimum Gasteiger partial charge on any atom is -0.309 e. The average molecular weight is 232 g/mol. The van der Waals surface area contributed by atoms with Crippen molar-refractivity contribution in [2.24, 2.45) is 5.92 Å². The fraction of sp³-hybridized carbons (Fsp3) is 0.636. The van der Waals surface area contributed by atoms with Crippen molar-refractivity contribution in [3.05, 3.63) is 22.4 Å². The van der Waals surface area contributed by atoms with Crippen LogP contribution in [-0.4, -0.2) is 11.9 Å². The highest BCUT2D eigenvalue weighted by Gasteiger charge is 2.08. The summed E-state index contributed by atoms with van der Waals surface area (Å²) < 4.78 is 0. The molecule has 0 saturated carbocycles. The molecule has 0 amide bonds. The molecule has 1 N–H and O–H groups in total. The van der Waals surface area contributed by atoms with E-state index in [2.05, 4.69) is 36.0 Å². The maximum atomic E-state index is 5.89. The van der Waals surface area contributed by atoms with Gasteiger partial charge in [0.2, 0.25) is 0 Å². The van der Waals surface area contributed by atoms with Crippen molar-refractivity contribution in [3.8, 4) is 0 Å². The van der Waals surface area contributed by atoms with Crippen LogP contribution in [0.15, 0.2) is 16.8 Å². The molecule has 80 valence electrons. The molecular formula is C11H18ClNS. The van der Waals surface area contributed by atoms with Crippen molar-refractivity contribution < 1.29 is 0 Å². The molecule has 0 aliphatic heterocycles. The lowest BCUT2D eigenvalue weighted by Gasteiger charge is -2.17. The van der Waals surface area contributed by atoms with Crippen LogP contribution in [0.1, 0.15) is 25.8 Å². The quantitative estimate of drug-likeness (QED) is 0.740. The Morgan fingerprint density at radius 1 is 1.50 bits per heavy atom. The van der Waals surface area contributed by atoms with Crippen molar-refractivity contribution in [2.45, 2.75) is 32.9 Å².